The molecule has 1 aliphatic carbocycles. The number of carbonyl (C=O) groups is 1. The number of amides is 1. The van der Waals surface area contributed by atoms with E-state index < -0.39 is 0 Å². The van der Waals surface area contributed by atoms with Gasteiger partial charge in [0.1, 0.15) is 11.0 Å². The monoisotopic (exact) mass is 370 g/mol. The predicted molar refractivity (Wildman–Crippen MR) is 106 cm³/mol. The van der Waals surface area contributed by atoms with Crippen LogP contribution in [0.15, 0.2) is 24.5 Å². The number of piperidine rings is 1. The molecule has 2 aliphatic rings. The average molecular weight is 371 g/mol. The number of quaternary nitrogens is 1. The molecule has 5 heteroatoms. The minimum absolute atomic E-state index is 0.0310. The van der Waals surface area contributed by atoms with Gasteiger partial charge in [-0.05, 0) is 62.6 Å². The first-order valence-corrected chi connectivity index (χ1v) is 10.7. The molecule has 26 heavy (non-hydrogen) atoms. The molecule has 0 bridgehead atoms. The Bertz CT molecular complexity index is 765. The summed E-state index contributed by atoms with van der Waals surface area (Å²) < 4.78 is 0. The largest absolute Gasteiger partial charge is 0.325 e. The molecule has 1 aliphatic heterocycles. The highest BCUT2D eigenvalue weighted by molar-refractivity contribution is 7.16. The summed E-state index contributed by atoms with van der Waals surface area (Å²) >= 11 is 1.81. The molecule has 0 saturated carbocycles. The van der Waals surface area contributed by atoms with E-state index in [1.165, 1.54) is 66.8 Å². The Kier molecular flexibility index (Phi) is 5.36. The van der Waals surface area contributed by atoms with E-state index in [0.29, 0.717) is 0 Å². The zero-order chi connectivity index (χ0) is 17.9. The van der Waals surface area contributed by atoms with Gasteiger partial charge in [-0.2, -0.15) is 0 Å². The second kappa shape index (κ2) is 7.89. The van der Waals surface area contributed by atoms with Crippen LogP contribution in [-0.2, 0) is 17.6 Å². The summed E-state index contributed by atoms with van der Waals surface area (Å²) in [6.07, 6.45) is 12.6. The molecule has 2 aromatic rings. The van der Waals surface area contributed by atoms with Crippen LogP contribution in [0.4, 0.5) is 5.00 Å². The highest BCUT2D eigenvalue weighted by Crippen LogP contribution is 2.42. The van der Waals surface area contributed by atoms with Crippen LogP contribution in [-0.4, -0.2) is 24.0 Å². The molecular weight excluding hydrogens is 342 g/mol. The summed E-state index contributed by atoms with van der Waals surface area (Å²) in [4.78, 5) is 19.4. The van der Waals surface area contributed by atoms with E-state index in [0.717, 1.165) is 17.8 Å². The highest BCUT2D eigenvalue weighted by Gasteiger charge is 2.35. The molecule has 1 saturated heterocycles. The van der Waals surface area contributed by atoms with Crippen molar-refractivity contribution in [2.75, 3.05) is 18.4 Å². The number of rotatable bonds is 4. The zero-order valence-electron chi connectivity index (χ0n) is 15.5. The molecule has 3 heterocycles. The number of carbonyl (C=O) groups excluding carboxylic acids is 1. The van der Waals surface area contributed by atoms with E-state index in [9.17, 15) is 4.79 Å². The third-order valence-corrected chi connectivity index (χ3v) is 6.94. The number of aryl methyl sites for hydroxylation is 1. The number of pyridine rings is 1. The van der Waals surface area contributed by atoms with Crippen LogP contribution in [0, 0.1) is 0 Å². The van der Waals surface area contributed by atoms with Crippen LogP contribution in [0.1, 0.15) is 66.6 Å². The zero-order valence-corrected chi connectivity index (χ0v) is 16.3. The molecule has 4 nitrogen and oxygen atoms in total. The number of likely N-dealkylation sites (tertiary alicyclic amines) is 1. The summed E-state index contributed by atoms with van der Waals surface area (Å²) in [6, 6.07) is 4.54. The van der Waals surface area contributed by atoms with Crippen molar-refractivity contribution in [2.24, 2.45) is 0 Å². The van der Waals surface area contributed by atoms with Crippen LogP contribution in [0.2, 0.25) is 0 Å². The molecule has 2 aromatic heterocycles. The van der Waals surface area contributed by atoms with E-state index in [4.69, 9.17) is 0 Å². The van der Waals surface area contributed by atoms with Crippen LogP contribution in [0.25, 0.3) is 0 Å². The minimum Gasteiger partial charge on any atom is -0.325 e. The number of fused-ring (bicyclic) bond motifs is 1. The number of hydrogen-bond donors (Lipinski definition) is 2. The molecule has 1 amide bonds. The van der Waals surface area contributed by atoms with E-state index in [1.54, 1.807) is 11.8 Å². The van der Waals surface area contributed by atoms with Crippen molar-refractivity contribution in [1.29, 1.82) is 0 Å². The molecule has 1 fully saturated rings. The lowest BCUT2D eigenvalue weighted by Gasteiger charge is -2.33. The fourth-order valence-electron chi connectivity index (χ4n) is 4.60. The molecule has 2 N–H and O–H groups in total. The Labute approximate surface area is 159 Å². The topological polar surface area (TPSA) is 46.4 Å². The first-order valence-electron chi connectivity index (χ1n) is 9.90. The second-order valence-corrected chi connectivity index (χ2v) is 8.68. The number of thiophene rings is 1. The molecule has 0 radical (unpaired) electrons. The van der Waals surface area contributed by atoms with Gasteiger partial charge in [0.05, 0.1) is 18.7 Å². The maximum absolute atomic E-state index is 11.9. The van der Waals surface area contributed by atoms with Crippen LogP contribution < -0.4 is 10.2 Å². The summed E-state index contributed by atoms with van der Waals surface area (Å²) in [7, 11) is 0. The molecule has 4 rings (SSSR count). The lowest BCUT2D eigenvalue weighted by atomic mass is 9.88. The van der Waals surface area contributed by atoms with Crippen molar-refractivity contribution in [2.45, 2.75) is 57.9 Å². The number of hydrogen-bond acceptors (Lipinski definition) is 3. The summed E-state index contributed by atoms with van der Waals surface area (Å²) in [5, 5.41) is 4.25. The van der Waals surface area contributed by atoms with E-state index in [-0.39, 0.29) is 11.9 Å². The van der Waals surface area contributed by atoms with Gasteiger partial charge >= 0.3 is 0 Å². The summed E-state index contributed by atoms with van der Waals surface area (Å²) in [5.41, 5.74) is 4.17. The van der Waals surface area contributed by atoms with E-state index >= 15 is 0 Å². The third kappa shape index (κ3) is 3.55. The van der Waals surface area contributed by atoms with E-state index in [2.05, 4.69) is 16.4 Å². The molecule has 1 atom stereocenters. The first kappa shape index (κ1) is 17.7. The van der Waals surface area contributed by atoms with Gasteiger partial charge in [0, 0.05) is 29.8 Å². The predicted octanol–water partition coefficient (Wildman–Crippen LogP) is 3.14. The smallest absolute Gasteiger partial charge is 0.221 e. The lowest BCUT2D eigenvalue weighted by molar-refractivity contribution is -0.930. The Hall–Kier alpha value is -1.72. The maximum atomic E-state index is 11.9. The molecule has 0 unspecified atom stereocenters. The Morgan fingerprint density at radius 1 is 1.19 bits per heavy atom. The maximum Gasteiger partial charge on any atom is 0.221 e. The summed E-state index contributed by atoms with van der Waals surface area (Å²) in [5.74, 6) is 0.0310. The van der Waals surface area contributed by atoms with Crippen molar-refractivity contribution in [3.8, 4) is 0 Å². The van der Waals surface area contributed by atoms with Crippen molar-refractivity contribution < 1.29 is 9.69 Å². The van der Waals surface area contributed by atoms with Crippen LogP contribution in [0.3, 0.4) is 0 Å². The molecule has 0 aromatic carbocycles. The number of nitrogens with zero attached hydrogens (tertiary/aromatic N) is 1. The van der Waals surface area contributed by atoms with Gasteiger partial charge in [-0.15, -0.1) is 11.3 Å². The normalized spacial score (nSPS) is 19.0. The van der Waals surface area contributed by atoms with Crippen molar-refractivity contribution in [1.82, 2.24) is 4.98 Å². The number of anilines is 1. The SMILES string of the molecule is CC(=O)Nc1sc2c(c1[C@@H](c1cccnc1)[NH+]1CCCCC1)CCCC2. The van der Waals surface area contributed by atoms with Crippen molar-refractivity contribution in [3.05, 3.63) is 46.1 Å². The van der Waals surface area contributed by atoms with Crippen molar-refractivity contribution in [3.63, 3.8) is 0 Å². The fourth-order valence-corrected chi connectivity index (χ4v) is 5.97. The molecule has 0 spiro atoms. The number of nitrogens with one attached hydrogen (secondary N) is 2. The standard InChI is InChI=1S/C21H27N3OS/c1-15(25)23-21-19(17-9-3-4-10-18(17)26-21)20(16-8-7-11-22-14-16)24-12-5-2-6-13-24/h7-8,11,14,20H,2-6,9-10,12-13H2,1H3,(H,23,25)/p+1/t20-/m1/s1. The lowest BCUT2D eigenvalue weighted by Crippen LogP contribution is -3.13. The van der Waals surface area contributed by atoms with Crippen LogP contribution >= 0.6 is 11.3 Å². The van der Waals surface area contributed by atoms with Gasteiger partial charge in [0.25, 0.3) is 0 Å². The first-order chi connectivity index (χ1) is 12.7. The van der Waals surface area contributed by atoms with Crippen LogP contribution in [0.5, 0.6) is 0 Å². The summed E-state index contributed by atoms with van der Waals surface area (Å²) in [6.45, 7) is 4.02. The third-order valence-electron chi connectivity index (χ3n) is 5.71. The minimum atomic E-state index is 0.0310. The van der Waals surface area contributed by atoms with Gasteiger partial charge in [-0.1, -0.05) is 0 Å². The second-order valence-electron chi connectivity index (χ2n) is 7.57. The Morgan fingerprint density at radius 3 is 2.73 bits per heavy atom. The highest BCUT2D eigenvalue weighted by atomic mass is 32.1. The van der Waals surface area contributed by atoms with Gasteiger partial charge in [0.15, 0.2) is 0 Å². The Morgan fingerprint density at radius 2 is 2.00 bits per heavy atom. The van der Waals surface area contributed by atoms with Gasteiger partial charge in [-0.3, -0.25) is 9.78 Å². The fraction of sp³-hybridized carbons (Fsp3) is 0.524. The Balaban J connectivity index is 1.84. The van der Waals surface area contributed by atoms with Gasteiger partial charge in [0.2, 0.25) is 5.91 Å². The molecular formula is C21H28N3OS+. The van der Waals surface area contributed by atoms with E-state index in [1.807, 2.05) is 29.8 Å². The van der Waals surface area contributed by atoms with Gasteiger partial charge in [-0.25, -0.2) is 0 Å². The quantitative estimate of drug-likeness (QED) is 0.869. The number of aromatic nitrogens is 1. The van der Waals surface area contributed by atoms with Gasteiger partial charge < -0.3 is 10.2 Å². The molecule has 138 valence electrons. The van der Waals surface area contributed by atoms with Crippen molar-refractivity contribution >= 4 is 22.2 Å². The average Bonchev–Trinajstić information content (AvgIpc) is 3.01.